The highest BCUT2D eigenvalue weighted by atomic mass is 35.5. The zero-order chi connectivity index (χ0) is 27.3. The van der Waals surface area contributed by atoms with Gasteiger partial charge in [-0.25, -0.2) is 4.79 Å². The summed E-state index contributed by atoms with van der Waals surface area (Å²) in [6.45, 7) is 8.31. The van der Waals surface area contributed by atoms with Gasteiger partial charge in [0.05, 0.1) is 5.60 Å². The van der Waals surface area contributed by atoms with E-state index in [0.29, 0.717) is 37.4 Å². The van der Waals surface area contributed by atoms with E-state index in [2.05, 4.69) is 10.6 Å². The topological polar surface area (TPSA) is 119 Å². The van der Waals surface area contributed by atoms with Crippen molar-refractivity contribution in [1.29, 1.82) is 0 Å². The third-order valence-electron chi connectivity index (χ3n) is 8.76. The zero-order valence-electron chi connectivity index (χ0n) is 22.1. The molecule has 1 aromatic carbocycles. The van der Waals surface area contributed by atoms with Crippen molar-refractivity contribution in [2.75, 3.05) is 20.1 Å². The van der Waals surface area contributed by atoms with Crippen LogP contribution >= 0.6 is 11.6 Å². The van der Waals surface area contributed by atoms with Crippen molar-refractivity contribution >= 4 is 35.4 Å². The summed E-state index contributed by atoms with van der Waals surface area (Å²) in [6.07, 6.45) is 1.45. The van der Waals surface area contributed by atoms with Gasteiger partial charge in [0, 0.05) is 36.5 Å². The van der Waals surface area contributed by atoms with Crippen LogP contribution in [0.4, 0.5) is 4.79 Å². The molecule has 0 radical (unpaired) electrons. The Balaban J connectivity index is 1.45. The first-order valence-electron chi connectivity index (χ1n) is 12.9. The molecule has 4 atom stereocenters. The fourth-order valence-electron chi connectivity index (χ4n) is 6.16. The molecule has 2 aliphatic heterocycles. The van der Waals surface area contributed by atoms with Crippen molar-refractivity contribution < 1.29 is 24.3 Å². The van der Waals surface area contributed by atoms with Gasteiger partial charge in [-0.1, -0.05) is 51.4 Å². The fourth-order valence-corrected chi connectivity index (χ4v) is 6.28. The molecule has 0 bridgehead atoms. The molecule has 1 spiro atoms. The minimum Gasteiger partial charge on any atom is -0.384 e. The Bertz CT molecular complexity index is 1110. The Morgan fingerprint density at radius 3 is 2.35 bits per heavy atom. The predicted octanol–water partition coefficient (Wildman–Crippen LogP) is 2.65. The van der Waals surface area contributed by atoms with Crippen molar-refractivity contribution in [2.45, 2.75) is 70.6 Å². The van der Waals surface area contributed by atoms with Crippen molar-refractivity contribution in [2.24, 2.45) is 17.3 Å². The molecule has 5 amide bonds. The first-order valence-corrected chi connectivity index (χ1v) is 13.3. The molecule has 4 rings (SSSR count). The highest BCUT2D eigenvalue weighted by Crippen LogP contribution is 2.46. The van der Waals surface area contributed by atoms with E-state index in [0.717, 1.165) is 5.56 Å². The van der Waals surface area contributed by atoms with Crippen LogP contribution in [0.5, 0.6) is 0 Å². The number of benzene rings is 1. The van der Waals surface area contributed by atoms with E-state index in [-0.39, 0.29) is 30.1 Å². The number of urea groups is 1. The number of halogens is 1. The van der Waals surface area contributed by atoms with Crippen molar-refractivity contribution in [3.8, 4) is 0 Å². The number of aliphatic hydroxyl groups is 1. The summed E-state index contributed by atoms with van der Waals surface area (Å²) in [5.41, 5.74) is -2.02. The van der Waals surface area contributed by atoms with Gasteiger partial charge in [0.15, 0.2) is 0 Å². The second-order valence-electron chi connectivity index (χ2n) is 11.8. The number of imide groups is 1. The second kappa shape index (κ2) is 9.58. The molecule has 1 saturated carbocycles. The average molecular weight is 533 g/mol. The standard InChI is InChI=1S/C27H37ClN4O5/c1-16(2)20(29-21(33)17-10-11-26(14-17)23(35)30-24(36)31(26)5)22(34)32-13-12-27(37,25(3,4)15-32)18-6-8-19(28)9-7-18/h6-9,16-17,20,37H,10-15H2,1-5H3,(H,29,33)(H,30,35,36)/t17-,20-,26?,27+/m1/s1. The molecule has 10 heteroatoms. The molecule has 3 aliphatic rings. The quantitative estimate of drug-likeness (QED) is 0.504. The molecule has 2 heterocycles. The van der Waals surface area contributed by atoms with Crippen molar-refractivity contribution in [3.05, 3.63) is 34.9 Å². The minimum absolute atomic E-state index is 0.161. The molecule has 3 fully saturated rings. The van der Waals surface area contributed by atoms with Crippen LogP contribution in [0.3, 0.4) is 0 Å². The Morgan fingerprint density at radius 1 is 1.16 bits per heavy atom. The lowest BCUT2D eigenvalue weighted by molar-refractivity contribution is -0.157. The Morgan fingerprint density at radius 2 is 1.81 bits per heavy atom. The average Bonchev–Trinajstić information content (AvgIpc) is 3.37. The van der Waals surface area contributed by atoms with Crippen molar-refractivity contribution in [1.82, 2.24) is 20.4 Å². The molecule has 1 aromatic rings. The number of carbonyl (C=O) groups is 4. The van der Waals surface area contributed by atoms with E-state index in [1.54, 1.807) is 24.1 Å². The van der Waals surface area contributed by atoms with Crippen molar-refractivity contribution in [3.63, 3.8) is 0 Å². The number of nitrogens with zero attached hydrogens (tertiary/aromatic N) is 2. The number of piperidine rings is 1. The number of likely N-dealkylation sites (tertiary alicyclic amines) is 1. The van der Waals surface area contributed by atoms with Gasteiger partial charge >= 0.3 is 6.03 Å². The molecule has 1 aliphatic carbocycles. The lowest BCUT2D eigenvalue weighted by Gasteiger charge is -2.51. The normalized spacial score (nSPS) is 30.1. The molecule has 0 aromatic heterocycles. The van der Waals surface area contributed by atoms with E-state index in [9.17, 15) is 24.3 Å². The first-order chi connectivity index (χ1) is 17.2. The smallest absolute Gasteiger partial charge is 0.324 e. The minimum atomic E-state index is -1.13. The SMILES string of the molecule is CC(C)[C@@H](NC(=O)[C@@H]1CCC2(C1)C(=O)NC(=O)N2C)C(=O)N1CC[C@](O)(c2ccc(Cl)cc2)C(C)(C)C1. The monoisotopic (exact) mass is 532 g/mol. The van der Waals surface area contributed by atoms with Gasteiger partial charge in [0.2, 0.25) is 11.8 Å². The maximum Gasteiger partial charge on any atom is 0.324 e. The number of carbonyl (C=O) groups excluding carboxylic acids is 4. The first kappa shape index (κ1) is 27.4. The van der Waals surface area contributed by atoms with Crippen LogP contribution in [-0.2, 0) is 20.0 Å². The van der Waals surface area contributed by atoms with Crippen LogP contribution in [-0.4, -0.2) is 70.4 Å². The molecule has 3 N–H and O–H groups in total. The maximum atomic E-state index is 13.7. The van der Waals surface area contributed by atoms with Gasteiger partial charge in [-0.3, -0.25) is 19.7 Å². The number of nitrogens with one attached hydrogen (secondary N) is 2. The van der Waals surface area contributed by atoms with Crippen LogP contribution in [0.1, 0.15) is 58.9 Å². The van der Waals surface area contributed by atoms with E-state index in [4.69, 9.17) is 11.6 Å². The maximum absolute atomic E-state index is 13.7. The van der Waals surface area contributed by atoms with Gasteiger partial charge in [-0.2, -0.15) is 0 Å². The van der Waals surface area contributed by atoms with Gasteiger partial charge < -0.3 is 20.2 Å². The van der Waals surface area contributed by atoms with E-state index >= 15 is 0 Å². The van der Waals surface area contributed by atoms with Crippen LogP contribution < -0.4 is 10.6 Å². The molecule has 37 heavy (non-hydrogen) atoms. The van der Waals surface area contributed by atoms with Crippen LogP contribution in [0, 0.1) is 17.3 Å². The van der Waals surface area contributed by atoms with E-state index in [1.165, 1.54) is 4.90 Å². The summed E-state index contributed by atoms with van der Waals surface area (Å²) in [7, 11) is 1.57. The third kappa shape index (κ3) is 4.61. The largest absolute Gasteiger partial charge is 0.384 e. The van der Waals surface area contributed by atoms with Crippen LogP contribution in [0.25, 0.3) is 0 Å². The molecule has 2 saturated heterocycles. The number of hydrogen-bond acceptors (Lipinski definition) is 5. The highest BCUT2D eigenvalue weighted by molar-refractivity contribution is 6.30. The predicted molar refractivity (Wildman–Crippen MR) is 138 cm³/mol. The van der Waals surface area contributed by atoms with Crippen LogP contribution in [0.15, 0.2) is 24.3 Å². The van der Waals surface area contributed by atoms with Gasteiger partial charge in [0.1, 0.15) is 11.6 Å². The summed E-state index contributed by atoms with van der Waals surface area (Å²) in [4.78, 5) is 54.5. The fraction of sp³-hybridized carbons (Fsp3) is 0.630. The van der Waals surface area contributed by atoms with Gasteiger partial charge in [-0.05, 0) is 49.3 Å². The van der Waals surface area contributed by atoms with Gasteiger partial charge in [0.25, 0.3) is 5.91 Å². The molecular formula is C27H37ClN4O5. The summed E-state index contributed by atoms with van der Waals surface area (Å²) in [5.74, 6) is -1.46. The lowest BCUT2D eigenvalue weighted by Crippen LogP contribution is -2.60. The van der Waals surface area contributed by atoms with Gasteiger partial charge in [-0.15, -0.1) is 0 Å². The molecule has 202 valence electrons. The molecule has 1 unspecified atom stereocenters. The highest BCUT2D eigenvalue weighted by Gasteiger charge is 2.56. The van der Waals surface area contributed by atoms with Crippen LogP contribution in [0.2, 0.25) is 5.02 Å². The summed E-state index contributed by atoms with van der Waals surface area (Å²) in [5, 5.41) is 17.5. The third-order valence-corrected chi connectivity index (χ3v) is 9.02. The molecular weight excluding hydrogens is 496 g/mol. The van der Waals surface area contributed by atoms with E-state index in [1.807, 2.05) is 39.8 Å². The lowest BCUT2D eigenvalue weighted by atomic mass is 9.66. The number of amides is 5. The Hall–Kier alpha value is -2.65. The Labute approximate surface area is 222 Å². The second-order valence-corrected chi connectivity index (χ2v) is 12.2. The number of likely N-dealkylation sites (N-methyl/N-ethyl adjacent to an activating group) is 1. The Kier molecular flexibility index (Phi) is 7.09. The number of rotatable bonds is 5. The van der Waals surface area contributed by atoms with E-state index < -0.39 is 34.5 Å². The summed E-state index contributed by atoms with van der Waals surface area (Å²) >= 11 is 6.03. The summed E-state index contributed by atoms with van der Waals surface area (Å²) in [6, 6.07) is 5.96. The zero-order valence-corrected chi connectivity index (χ0v) is 22.9. The summed E-state index contributed by atoms with van der Waals surface area (Å²) < 4.78 is 0. The number of hydrogen-bond donors (Lipinski definition) is 3. The molecule has 9 nitrogen and oxygen atoms in total.